The summed E-state index contributed by atoms with van der Waals surface area (Å²) in [7, 11) is 0.907. The van der Waals surface area contributed by atoms with Crippen molar-refractivity contribution in [3.63, 3.8) is 0 Å². The Balaban J connectivity index is 3.14. The minimum atomic E-state index is -5.58. The Bertz CT molecular complexity index is 483. The number of carboxylic acid groups (broad SMARTS) is 1. The summed E-state index contributed by atoms with van der Waals surface area (Å²) in [5, 5.41) is 14.1. The topological polar surface area (TPSA) is 68.0 Å². The van der Waals surface area contributed by atoms with E-state index in [0.29, 0.717) is 16.3 Å². The molecular formula is C8H7F6N3O2S. The first-order valence-corrected chi connectivity index (χ1v) is 5.80. The molecule has 0 bridgehead atoms. The molecule has 0 saturated heterocycles. The zero-order valence-electron chi connectivity index (χ0n) is 9.66. The van der Waals surface area contributed by atoms with Crippen molar-refractivity contribution >= 4 is 17.7 Å². The van der Waals surface area contributed by atoms with E-state index in [2.05, 4.69) is 10.2 Å². The summed E-state index contributed by atoms with van der Waals surface area (Å²) in [5.74, 6) is -6.96. The third-order valence-electron chi connectivity index (χ3n) is 2.11. The molecule has 0 spiro atoms. The molecule has 0 amide bonds. The molecule has 0 aliphatic rings. The van der Waals surface area contributed by atoms with E-state index < -0.39 is 35.8 Å². The quantitative estimate of drug-likeness (QED) is 0.680. The summed E-state index contributed by atoms with van der Waals surface area (Å²) in [6, 6.07) is 0. The van der Waals surface area contributed by atoms with E-state index >= 15 is 0 Å². The van der Waals surface area contributed by atoms with Gasteiger partial charge in [-0.25, -0.2) is 0 Å². The number of halogens is 6. The summed E-state index contributed by atoms with van der Waals surface area (Å²) in [4.78, 5) is 10.3. The second-order valence-corrected chi connectivity index (χ2v) is 4.54. The van der Waals surface area contributed by atoms with Gasteiger partial charge in [0.15, 0.2) is 11.0 Å². The summed E-state index contributed by atoms with van der Waals surface area (Å²) < 4.78 is 75.5. The summed E-state index contributed by atoms with van der Waals surface area (Å²) in [6.45, 7) is 0. The van der Waals surface area contributed by atoms with Crippen LogP contribution in [-0.2, 0) is 11.8 Å². The highest BCUT2D eigenvalue weighted by molar-refractivity contribution is 7.99. The van der Waals surface area contributed by atoms with E-state index in [1.807, 2.05) is 0 Å². The lowest BCUT2D eigenvalue weighted by molar-refractivity contribution is -0.256. The van der Waals surface area contributed by atoms with E-state index in [1.54, 1.807) is 0 Å². The first kappa shape index (κ1) is 16.6. The minimum absolute atomic E-state index is 0.346. The molecule has 114 valence electrons. The zero-order valence-corrected chi connectivity index (χ0v) is 10.5. The Morgan fingerprint density at radius 1 is 1.25 bits per heavy atom. The Labute approximate surface area is 112 Å². The molecule has 0 atom stereocenters. The highest BCUT2D eigenvalue weighted by atomic mass is 32.2. The fraction of sp³-hybridized carbons (Fsp3) is 0.625. The van der Waals surface area contributed by atoms with E-state index in [9.17, 15) is 31.1 Å². The fourth-order valence-electron chi connectivity index (χ4n) is 1.31. The maximum absolute atomic E-state index is 12.5. The molecule has 1 heterocycles. The van der Waals surface area contributed by atoms with Crippen molar-refractivity contribution in [2.24, 2.45) is 7.05 Å². The van der Waals surface area contributed by atoms with Crippen molar-refractivity contribution in [3.8, 4) is 0 Å². The highest BCUT2D eigenvalue weighted by Gasteiger charge is 2.60. The van der Waals surface area contributed by atoms with Gasteiger partial charge >= 0.3 is 18.3 Å². The van der Waals surface area contributed by atoms with Crippen LogP contribution >= 0.6 is 11.8 Å². The monoisotopic (exact) mass is 323 g/mol. The molecule has 20 heavy (non-hydrogen) atoms. The largest absolute Gasteiger partial charge is 0.481 e. The van der Waals surface area contributed by atoms with Gasteiger partial charge in [0.05, 0.1) is 5.75 Å². The summed E-state index contributed by atoms with van der Waals surface area (Å²) in [6.07, 6.45) is -11.2. The normalized spacial score (nSPS) is 13.0. The molecule has 1 aromatic rings. The number of thioether (sulfide) groups is 1. The van der Waals surface area contributed by atoms with Crippen LogP contribution in [0.2, 0.25) is 0 Å². The molecule has 0 aliphatic carbocycles. The molecule has 0 saturated carbocycles. The maximum Gasteiger partial charge on any atom is 0.407 e. The van der Waals surface area contributed by atoms with Crippen molar-refractivity contribution in [1.82, 2.24) is 14.8 Å². The van der Waals surface area contributed by atoms with Crippen LogP contribution in [0.25, 0.3) is 0 Å². The molecule has 0 fully saturated rings. The van der Waals surface area contributed by atoms with Crippen LogP contribution in [0, 0.1) is 0 Å². The Morgan fingerprint density at radius 3 is 2.15 bits per heavy atom. The summed E-state index contributed by atoms with van der Waals surface area (Å²) in [5.41, 5.74) is 0. The molecule has 1 rings (SSSR count). The Hall–Kier alpha value is -1.46. The van der Waals surface area contributed by atoms with Crippen molar-refractivity contribution < 1.29 is 36.2 Å². The average Bonchev–Trinajstić information content (AvgIpc) is 2.54. The number of carboxylic acids is 1. The number of nitrogens with zero attached hydrogens (tertiary/aromatic N) is 3. The number of hydrogen-bond donors (Lipinski definition) is 1. The van der Waals surface area contributed by atoms with E-state index in [1.165, 1.54) is 0 Å². The first-order valence-electron chi connectivity index (χ1n) is 4.82. The molecule has 12 heteroatoms. The zero-order chi connectivity index (χ0) is 15.7. The van der Waals surface area contributed by atoms with Gasteiger partial charge in [-0.15, -0.1) is 10.2 Å². The predicted molar refractivity (Wildman–Crippen MR) is 54.2 cm³/mol. The molecular weight excluding hydrogens is 316 g/mol. The van der Waals surface area contributed by atoms with Gasteiger partial charge in [0, 0.05) is 7.05 Å². The van der Waals surface area contributed by atoms with Gasteiger partial charge < -0.3 is 9.67 Å². The van der Waals surface area contributed by atoms with Crippen molar-refractivity contribution in [3.05, 3.63) is 5.82 Å². The van der Waals surface area contributed by atoms with Crippen molar-refractivity contribution in [1.29, 1.82) is 0 Å². The third-order valence-corrected chi connectivity index (χ3v) is 3.11. The van der Waals surface area contributed by atoms with Gasteiger partial charge in [0.2, 0.25) is 5.92 Å². The number of carbonyl (C=O) groups is 1. The van der Waals surface area contributed by atoms with Gasteiger partial charge in [-0.05, 0) is 0 Å². The Kier molecular flexibility index (Phi) is 4.56. The molecule has 5 nitrogen and oxygen atoms in total. The van der Waals surface area contributed by atoms with Crippen LogP contribution in [0.3, 0.4) is 0 Å². The van der Waals surface area contributed by atoms with E-state index in [-0.39, 0.29) is 5.16 Å². The van der Waals surface area contributed by atoms with Crippen LogP contribution in [0.4, 0.5) is 26.3 Å². The molecule has 0 unspecified atom stereocenters. The van der Waals surface area contributed by atoms with Gasteiger partial charge in [-0.3, -0.25) is 4.79 Å². The Morgan fingerprint density at radius 2 is 1.75 bits per heavy atom. The number of aromatic nitrogens is 3. The maximum atomic E-state index is 12.5. The third kappa shape index (κ3) is 3.77. The number of rotatable bonds is 4. The fourth-order valence-corrected chi connectivity index (χ4v) is 1.95. The van der Waals surface area contributed by atoms with Crippen LogP contribution in [0.1, 0.15) is 11.7 Å². The minimum Gasteiger partial charge on any atom is -0.481 e. The number of aliphatic carboxylic acids is 1. The predicted octanol–water partition coefficient (Wildman–Crippen LogP) is 2.20. The molecule has 1 aromatic heterocycles. The second kappa shape index (κ2) is 5.50. The highest BCUT2D eigenvalue weighted by Crippen LogP contribution is 2.45. The standard InChI is InChI=1S/C8H7F6N3O2S/c1-17-5(4(7(9,10)11)8(12,13)14)15-16-6(17)20-2-3(18)19/h4H,2H2,1H3,(H,18,19). The SMILES string of the molecule is Cn1c(SCC(=O)O)nnc1C(C(F)(F)F)C(F)(F)F. The lowest BCUT2D eigenvalue weighted by atomic mass is 10.1. The molecule has 1 N–H and O–H groups in total. The van der Waals surface area contributed by atoms with Crippen LogP contribution in [0.5, 0.6) is 0 Å². The molecule has 0 aromatic carbocycles. The van der Waals surface area contributed by atoms with E-state index in [4.69, 9.17) is 5.11 Å². The van der Waals surface area contributed by atoms with Gasteiger partial charge in [-0.1, -0.05) is 11.8 Å². The second-order valence-electron chi connectivity index (χ2n) is 3.60. The number of hydrogen-bond acceptors (Lipinski definition) is 4. The van der Waals surface area contributed by atoms with Crippen molar-refractivity contribution in [2.45, 2.75) is 23.4 Å². The van der Waals surface area contributed by atoms with Gasteiger partial charge in [-0.2, -0.15) is 26.3 Å². The van der Waals surface area contributed by atoms with E-state index in [0.717, 1.165) is 7.05 Å². The number of alkyl halides is 6. The summed E-state index contributed by atoms with van der Waals surface area (Å²) >= 11 is 0.470. The smallest absolute Gasteiger partial charge is 0.407 e. The first-order chi connectivity index (χ1) is 8.94. The lowest BCUT2D eigenvalue weighted by Gasteiger charge is -2.21. The molecule has 0 radical (unpaired) electrons. The van der Waals surface area contributed by atoms with Crippen LogP contribution in [-0.4, -0.2) is 43.9 Å². The lowest BCUT2D eigenvalue weighted by Crippen LogP contribution is -2.36. The van der Waals surface area contributed by atoms with Crippen LogP contribution < -0.4 is 0 Å². The average molecular weight is 323 g/mol. The molecule has 0 aliphatic heterocycles. The van der Waals surface area contributed by atoms with Gasteiger partial charge in [0.1, 0.15) is 0 Å². The van der Waals surface area contributed by atoms with Crippen molar-refractivity contribution in [2.75, 3.05) is 5.75 Å². The van der Waals surface area contributed by atoms with Crippen LogP contribution in [0.15, 0.2) is 5.16 Å². The van der Waals surface area contributed by atoms with Gasteiger partial charge in [0.25, 0.3) is 0 Å².